The SMILES string of the molecule is CC(=S)NCCCCCCNc1nc(=S)c2ncn([C@@H]3O[C@H](CO)C(O)[C@@H]3O)c2[nH]1. The van der Waals surface area contributed by atoms with Crippen LogP contribution in [0, 0.1) is 4.64 Å². The summed E-state index contributed by atoms with van der Waals surface area (Å²) in [4.78, 5) is 12.5. The first-order chi connectivity index (χ1) is 14.4. The van der Waals surface area contributed by atoms with E-state index in [2.05, 4.69) is 25.6 Å². The van der Waals surface area contributed by atoms with Gasteiger partial charge in [0.1, 0.15) is 29.5 Å². The zero-order chi connectivity index (χ0) is 21.7. The lowest BCUT2D eigenvalue weighted by molar-refractivity contribution is -0.0511. The molecule has 0 radical (unpaired) electrons. The van der Waals surface area contributed by atoms with Gasteiger partial charge in [0.15, 0.2) is 10.9 Å². The molecule has 0 spiro atoms. The number of imidazole rings is 1. The summed E-state index contributed by atoms with van der Waals surface area (Å²) in [6.45, 7) is 3.11. The van der Waals surface area contributed by atoms with Crippen molar-refractivity contribution in [3.05, 3.63) is 11.0 Å². The van der Waals surface area contributed by atoms with Crippen LogP contribution in [-0.4, -0.2) is 77.8 Å². The van der Waals surface area contributed by atoms with E-state index >= 15 is 0 Å². The van der Waals surface area contributed by atoms with Crippen molar-refractivity contribution in [2.45, 2.75) is 57.1 Å². The Morgan fingerprint density at radius 3 is 2.63 bits per heavy atom. The minimum absolute atomic E-state index is 0.318. The van der Waals surface area contributed by atoms with Gasteiger partial charge in [-0.3, -0.25) is 4.57 Å². The number of fused-ring (bicyclic) bond motifs is 1. The van der Waals surface area contributed by atoms with E-state index in [1.54, 1.807) is 4.57 Å². The molecule has 10 nitrogen and oxygen atoms in total. The van der Waals surface area contributed by atoms with E-state index in [1.165, 1.54) is 6.33 Å². The van der Waals surface area contributed by atoms with Crippen LogP contribution >= 0.6 is 24.4 Å². The summed E-state index contributed by atoms with van der Waals surface area (Å²) >= 11 is 10.3. The molecule has 2 aromatic rings. The molecule has 12 heteroatoms. The van der Waals surface area contributed by atoms with E-state index in [0.29, 0.717) is 21.8 Å². The lowest BCUT2D eigenvalue weighted by Crippen LogP contribution is -2.33. The van der Waals surface area contributed by atoms with E-state index < -0.39 is 31.1 Å². The lowest BCUT2D eigenvalue weighted by Gasteiger charge is -2.17. The Morgan fingerprint density at radius 1 is 1.23 bits per heavy atom. The van der Waals surface area contributed by atoms with Crippen LogP contribution in [0.1, 0.15) is 38.8 Å². The number of anilines is 1. The van der Waals surface area contributed by atoms with Gasteiger partial charge in [0.25, 0.3) is 0 Å². The van der Waals surface area contributed by atoms with Crippen molar-refractivity contribution >= 4 is 46.5 Å². The van der Waals surface area contributed by atoms with Gasteiger partial charge in [-0.25, -0.2) is 9.97 Å². The number of aromatic nitrogens is 4. The predicted octanol–water partition coefficient (Wildman–Crippen LogP) is 1.01. The van der Waals surface area contributed by atoms with Crippen molar-refractivity contribution in [3.63, 3.8) is 0 Å². The number of hydrogen-bond donors (Lipinski definition) is 6. The maximum Gasteiger partial charge on any atom is 0.203 e. The Bertz CT molecular complexity index is 920. The van der Waals surface area contributed by atoms with Crippen LogP contribution < -0.4 is 10.6 Å². The molecule has 1 saturated heterocycles. The monoisotopic (exact) mass is 456 g/mol. The molecule has 166 valence electrons. The molecule has 0 aromatic carbocycles. The molecule has 1 unspecified atom stereocenters. The molecule has 6 N–H and O–H groups in total. The molecule has 4 atom stereocenters. The number of nitrogens with one attached hydrogen (secondary N) is 3. The topological polar surface area (TPSA) is 140 Å². The van der Waals surface area contributed by atoms with E-state index in [4.69, 9.17) is 29.2 Å². The van der Waals surface area contributed by atoms with Crippen LogP contribution in [0.3, 0.4) is 0 Å². The molecular weight excluding hydrogens is 428 g/mol. The van der Waals surface area contributed by atoms with Crippen molar-refractivity contribution in [2.24, 2.45) is 0 Å². The summed E-state index contributed by atoms with van der Waals surface area (Å²) in [5, 5.41) is 36.0. The van der Waals surface area contributed by atoms with E-state index in [9.17, 15) is 15.3 Å². The third-order valence-corrected chi connectivity index (χ3v) is 5.44. The number of thiocarbonyl (C=S) groups is 1. The third kappa shape index (κ3) is 5.31. The van der Waals surface area contributed by atoms with Gasteiger partial charge in [-0.05, 0) is 19.8 Å². The molecule has 30 heavy (non-hydrogen) atoms. The number of nitrogens with zero attached hydrogens (tertiary/aromatic N) is 3. The fraction of sp³-hybridized carbons (Fsp3) is 0.667. The Hall–Kier alpha value is -1.70. The first-order valence-corrected chi connectivity index (χ1v) is 10.8. The zero-order valence-electron chi connectivity index (χ0n) is 16.7. The second-order valence-corrected chi connectivity index (χ2v) is 8.29. The Kier molecular flexibility index (Phi) is 8.08. The second kappa shape index (κ2) is 10.6. The predicted molar refractivity (Wildman–Crippen MR) is 119 cm³/mol. The quantitative estimate of drug-likeness (QED) is 0.227. The Balaban J connectivity index is 1.60. The number of unbranched alkanes of at least 4 members (excludes halogenated alkanes) is 3. The summed E-state index contributed by atoms with van der Waals surface area (Å²) in [7, 11) is 0. The van der Waals surface area contributed by atoms with Gasteiger partial charge >= 0.3 is 0 Å². The van der Waals surface area contributed by atoms with E-state index in [1.807, 2.05) is 6.92 Å². The fourth-order valence-electron chi connectivity index (χ4n) is 3.40. The molecule has 3 heterocycles. The largest absolute Gasteiger partial charge is 0.394 e. The minimum atomic E-state index is -1.21. The Labute approximate surface area is 184 Å². The summed E-state index contributed by atoms with van der Waals surface area (Å²) in [6.07, 6.45) is 1.55. The zero-order valence-corrected chi connectivity index (χ0v) is 18.4. The number of ether oxygens (including phenoxy) is 1. The summed E-state index contributed by atoms with van der Waals surface area (Å²) in [6, 6.07) is 0. The molecule has 1 aliphatic heterocycles. The molecule has 0 saturated carbocycles. The number of aliphatic hydroxyl groups is 3. The van der Waals surface area contributed by atoms with Crippen LogP contribution in [0.15, 0.2) is 6.33 Å². The van der Waals surface area contributed by atoms with Crippen molar-refractivity contribution in [1.29, 1.82) is 0 Å². The fourth-order valence-corrected chi connectivity index (χ4v) is 3.74. The molecule has 1 fully saturated rings. The number of H-pyrrole nitrogens is 1. The van der Waals surface area contributed by atoms with Crippen molar-refractivity contribution in [1.82, 2.24) is 24.8 Å². The maximum absolute atomic E-state index is 10.3. The molecule has 2 aromatic heterocycles. The first kappa shape index (κ1) is 23.0. The normalized spacial score (nSPS) is 23.7. The second-order valence-electron chi connectivity index (χ2n) is 7.29. The number of aromatic amines is 1. The standard InChI is InChI=1S/C18H28N6O4S2/c1-10(29)19-6-4-2-3-5-7-20-18-22-15-12(16(30)23-18)21-9-24(15)17-14(27)13(26)11(8-25)28-17/h9,11,13-14,17,25-27H,2-8H2,1H3,(H,19,29)(H2,20,22,23,30)/t11-,13?,14+,17-/m1/s1. The van der Waals surface area contributed by atoms with Gasteiger partial charge in [-0.1, -0.05) is 37.3 Å². The molecular formula is C18H28N6O4S2. The summed E-state index contributed by atoms with van der Waals surface area (Å²) in [5.74, 6) is 0.499. The van der Waals surface area contributed by atoms with Crippen molar-refractivity contribution < 1.29 is 20.1 Å². The van der Waals surface area contributed by atoms with Crippen LogP contribution in [0.25, 0.3) is 11.2 Å². The van der Waals surface area contributed by atoms with Crippen molar-refractivity contribution in [3.8, 4) is 0 Å². The van der Waals surface area contributed by atoms with Crippen LogP contribution in [0.2, 0.25) is 0 Å². The minimum Gasteiger partial charge on any atom is -0.394 e. The maximum atomic E-state index is 10.3. The summed E-state index contributed by atoms with van der Waals surface area (Å²) < 4.78 is 7.47. The van der Waals surface area contributed by atoms with Gasteiger partial charge in [-0.15, -0.1) is 0 Å². The Morgan fingerprint density at radius 2 is 1.97 bits per heavy atom. The smallest absolute Gasteiger partial charge is 0.203 e. The van der Waals surface area contributed by atoms with E-state index in [0.717, 1.165) is 43.8 Å². The average molecular weight is 457 g/mol. The highest BCUT2D eigenvalue weighted by atomic mass is 32.1. The molecule has 3 rings (SSSR count). The molecule has 0 amide bonds. The van der Waals surface area contributed by atoms with Gasteiger partial charge in [0, 0.05) is 13.1 Å². The molecule has 1 aliphatic rings. The van der Waals surface area contributed by atoms with Crippen LogP contribution in [0.4, 0.5) is 5.95 Å². The summed E-state index contributed by atoms with van der Waals surface area (Å²) in [5.41, 5.74) is 0.989. The van der Waals surface area contributed by atoms with E-state index in [-0.39, 0.29) is 0 Å². The highest BCUT2D eigenvalue weighted by molar-refractivity contribution is 7.80. The van der Waals surface area contributed by atoms with Crippen molar-refractivity contribution in [2.75, 3.05) is 25.0 Å². The highest BCUT2D eigenvalue weighted by Crippen LogP contribution is 2.31. The first-order valence-electron chi connectivity index (χ1n) is 10.00. The van der Waals surface area contributed by atoms with Gasteiger partial charge in [0.05, 0.1) is 17.9 Å². The van der Waals surface area contributed by atoms with Crippen LogP contribution in [-0.2, 0) is 4.74 Å². The molecule has 0 bridgehead atoms. The number of rotatable bonds is 10. The number of aliphatic hydroxyl groups excluding tert-OH is 3. The van der Waals surface area contributed by atoms with Crippen LogP contribution in [0.5, 0.6) is 0 Å². The van der Waals surface area contributed by atoms with Gasteiger partial charge < -0.3 is 35.7 Å². The van der Waals surface area contributed by atoms with Gasteiger partial charge in [0.2, 0.25) is 5.95 Å². The van der Waals surface area contributed by atoms with Gasteiger partial charge in [-0.2, -0.15) is 0 Å². The number of hydrogen-bond acceptors (Lipinski definition) is 9. The highest BCUT2D eigenvalue weighted by Gasteiger charge is 2.43. The molecule has 0 aliphatic carbocycles. The third-order valence-electron chi connectivity index (χ3n) is 5.01. The lowest BCUT2D eigenvalue weighted by atomic mass is 10.1. The average Bonchev–Trinajstić information content (AvgIpc) is 3.25.